The molecule has 10 heteroatoms. The van der Waals surface area contributed by atoms with E-state index in [9.17, 15) is 18.0 Å². The Morgan fingerprint density at radius 2 is 1.86 bits per heavy atom. The topological polar surface area (TPSA) is 56.1 Å². The fourth-order valence-electron chi connectivity index (χ4n) is 2.56. The molecule has 0 spiro atoms. The molecule has 0 aliphatic heterocycles. The lowest BCUT2D eigenvalue weighted by Gasteiger charge is -2.14. The van der Waals surface area contributed by atoms with Crippen LogP contribution in [0.15, 0.2) is 48.7 Å². The highest BCUT2D eigenvalue weighted by Crippen LogP contribution is 2.35. The zero-order valence-corrected chi connectivity index (χ0v) is 15.7. The fourth-order valence-corrected chi connectivity index (χ4v) is 2.92. The lowest BCUT2D eigenvalue weighted by Crippen LogP contribution is -2.21. The van der Waals surface area contributed by atoms with E-state index < -0.39 is 23.3 Å². The van der Waals surface area contributed by atoms with Gasteiger partial charge in [0.25, 0.3) is 5.91 Å². The van der Waals surface area contributed by atoms with Crippen LogP contribution >= 0.6 is 23.2 Å². The molecule has 5 nitrogen and oxygen atoms in total. The minimum Gasteiger partial charge on any atom is -0.495 e. The molecule has 146 valence electrons. The first-order chi connectivity index (χ1) is 13.2. The zero-order chi connectivity index (χ0) is 20.5. The lowest BCUT2D eigenvalue weighted by atomic mass is 10.2. The maximum atomic E-state index is 13.7. The largest absolute Gasteiger partial charge is 0.495 e. The van der Waals surface area contributed by atoms with Crippen molar-refractivity contribution in [3.63, 3.8) is 0 Å². The second kappa shape index (κ2) is 7.73. The Bertz CT molecular complexity index is 1040. The molecule has 0 unspecified atom stereocenters. The van der Waals surface area contributed by atoms with Crippen molar-refractivity contribution in [1.29, 1.82) is 0 Å². The Labute approximate surface area is 167 Å². The van der Waals surface area contributed by atoms with Gasteiger partial charge in [0.05, 0.1) is 30.2 Å². The summed E-state index contributed by atoms with van der Waals surface area (Å²) in [5, 5.41) is 6.63. The molecule has 3 aromatic rings. The fraction of sp³-hybridized carbons (Fsp3) is 0.111. The van der Waals surface area contributed by atoms with Gasteiger partial charge in [0.15, 0.2) is 5.69 Å². The van der Waals surface area contributed by atoms with Crippen molar-refractivity contribution in [1.82, 2.24) is 9.78 Å². The molecule has 0 bridgehead atoms. The molecule has 0 saturated heterocycles. The number of rotatable bonds is 4. The van der Waals surface area contributed by atoms with E-state index in [4.69, 9.17) is 27.9 Å². The molecular weight excluding hydrogens is 418 g/mol. The van der Waals surface area contributed by atoms with Crippen LogP contribution in [-0.4, -0.2) is 22.8 Å². The summed E-state index contributed by atoms with van der Waals surface area (Å²) in [5.74, 6) is -0.769. The summed E-state index contributed by atoms with van der Waals surface area (Å²) in [6.07, 6.45) is -4.00. The normalized spacial score (nSPS) is 11.4. The molecule has 1 aromatic heterocycles. The van der Waals surface area contributed by atoms with E-state index in [1.54, 1.807) is 0 Å². The molecule has 1 heterocycles. The van der Waals surface area contributed by atoms with E-state index in [0.29, 0.717) is 4.68 Å². The van der Waals surface area contributed by atoms with Crippen molar-refractivity contribution in [3.8, 4) is 11.4 Å². The zero-order valence-electron chi connectivity index (χ0n) is 14.2. The summed E-state index contributed by atoms with van der Waals surface area (Å²) < 4.78 is 46.9. The maximum Gasteiger partial charge on any atom is 0.434 e. The van der Waals surface area contributed by atoms with Crippen LogP contribution in [0.5, 0.6) is 5.75 Å². The summed E-state index contributed by atoms with van der Waals surface area (Å²) in [5.41, 5.74) is -1.69. The highest BCUT2D eigenvalue weighted by Gasteiger charge is 2.40. The first-order valence-electron chi connectivity index (χ1n) is 7.76. The summed E-state index contributed by atoms with van der Waals surface area (Å²) in [6.45, 7) is 0. The number of carbonyl (C=O) groups is 1. The summed E-state index contributed by atoms with van der Waals surface area (Å²) in [7, 11) is 1.36. The lowest BCUT2D eigenvalue weighted by molar-refractivity contribution is -0.143. The Kier molecular flexibility index (Phi) is 5.53. The quantitative estimate of drug-likeness (QED) is 0.598. The van der Waals surface area contributed by atoms with Crippen LogP contribution in [0, 0.1) is 0 Å². The smallest absolute Gasteiger partial charge is 0.434 e. The van der Waals surface area contributed by atoms with Crippen molar-refractivity contribution in [2.75, 3.05) is 12.4 Å². The predicted molar refractivity (Wildman–Crippen MR) is 99.5 cm³/mol. The molecule has 1 amide bonds. The van der Waals surface area contributed by atoms with Crippen molar-refractivity contribution in [2.24, 2.45) is 0 Å². The first-order valence-corrected chi connectivity index (χ1v) is 8.52. The SMILES string of the molecule is COc1ccc(Cl)cc1NC(=O)c1cnn(-c2cccc(Cl)c2)c1C(F)(F)F. The highest BCUT2D eigenvalue weighted by atomic mass is 35.5. The molecule has 1 N–H and O–H groups in total. The van der Waals surface area contributed by atoms with Crippen molar-refractivity contribution in [2.45, 2.75) is 6.18 Å². The standard InChI is InChI=1S/C18H12Cl2F3N3O2/c1-28-15-6-5-11(20)8-14(15)25-17(27)13-9-24-26(16(13)18(21,22)23)12-4-2-3-10(19)7-12/h2-9H,1H3,(H,25,27). The third-order valence-electron chi connectivity index (χ3n) is 3.74. The van der Waals surface area contributed by atoms with Gasteiger partial charge < -0.3 is 10.1 Å². The van der Waals surface area contributed by atoms with Gasteiger partial charge in [0.2, 0.25) is 0 Å². The molecule has 0 aliphatic rings. The minimum absolute atomic E-state index is 0.0687. The van der Waals surface area contributed by atoms with E-state index >= 15 is 0 Å². The highest BCUT2D eigenvalue weighted by molar-refractivity contribution is 6.31. The minimum atomic E-state index is -4.84. The summed E-state index contributed by atoms with van der Waals surface area (Å²) in [6, 6.07) is 10.1. The van der Waals surface area contributed by atoms with Crippen molar-refractivity contribution in [3.05, 3.63) is 70.0 Å². The Morgan fingerprint density at radius 3 is 2.50 bits per heavy atom. The number of alkyl halides is 3. The van der Waals surface area contributed by atoms with Crippen LogP contribution in [-0.2, 0) is 6.18 Å². The molecule has 2 aromatic carbocycles. The number of anilines is 1. The van der Waals surface area contributed by atoms with Gasteiger partial charge in [-0.25, -0.2) is 4.68 Å². The van der Waals surface area contributed by atoms with Crippen LogP contribution in [0.1, 0.15) is 16.1 Å². The van der Waals surface area contributed by atoms with Gasteiger partial charge in [-0.2, -0.15) is 18.3 Å². The van der Waals surface area contributed by atoms with E-state index in [0.717, 1.165) is 6.20 Å². The number of hydrogen-bond acceptors (Lipinski definition) is 3. The first kappa shape index (κ1) is 20.0. The summed E-state index contributed by atoms with van der Waals surface area (Å²) in [4.78, 5) is 12.6. The second-order valence-electron chi connectivity index (χ2n) is 5.60. The van der Waals surface area contributed by atoms with Crippen LogP contribution in [0.2, 0.25) is 10.0 Å². The third-order valence-corrected chi connectivity index (χ3v) is 4.22. The average molecular weight is 430 g/mol. The van der Waals surface area contributed by atoms with Crippen molar-refractivity contribution < 1.29 is 22.7 Å². The van der Waals surface area contributed by atoms with Gasteiger partial charge in [-0.05, 0) is 36.4 Å². The number of nitrogens with zero attached hydrogens (tertiary/aromatic N) is 2. The molecule has 0 fully saturated rings. The number of carbonyl (C=O) groups excluding carboxylic acids is 1. The van der Waals surface area contributed by atoms with E-state index in [1.165, 1.54) is 49.6 Å². The molecule has 3 rings (SSSR count). The average Bonchev–Trinajstić information content (AvgIpc) is 3.07. The van der Waals surface area contributed by atoms with E-state index in [2.05, 4.69) is 10.4 Å². The number of benzene rings is 2. The molecule has 0 aliphatic carbocycles. The molecule has 0 saturated carbocycles. The maximum absolute atomic E-state index is 13.7. The number of amides is 1. The van der Waals surface area contributed by atoms with E-state index in [1.807, 2.05) is 0 Å². The number of ether oxygens (including phenoxy) is 1. The van der Waals surface area contributed by atoms with Crippen LogP contribution in [0.3, 0.4) is 0 Å². The van der Waals surface area contributed by atoms with Crippen LogP contribution in [0.4, 0.5) is 18.9 Å². The van der Waals surface area contributed by atoms with Crippen molar-refractivity contribution >= 4 is 34.8 Å². The van der Waals surface area contributed by atoms with E-state index in [-0.39, 0.29) is 27.2 Å². The number of halogens is 5. The van der Waals surface area contributed by atoms with Gasteiger partial charge in [-0.3, -0.25) is 4.79 Å². The third kappa shape index (κ3) is 4.07. The van der Waals surface area contributed by atoms with Gasteiger partial charge in [0, 0.05) is 10.0 Å². The Morgan fingerprint density at radius 1 is 1.14 bits per heavy atom. The second-order valence-corrected chi connectivity index (χ2v) is 6.47. The Balaban J connectivity index is 2.05. The number of methoxy groups -OCH3 is 1. The molecule has 0 atom stereocenters. The van der Waals surface area contributed by atoms with Gasteiger partial charge in [0.1, 0.15) is 5.75 Å². The number of nitrogens with one attached hydrogen (secondary N) is 1. The van der Waals surface area contributed by atoms with Gasteiger partial charge in [-0.1, -0.05) is 29.3 Å². The van der Waals surface area contributed by atoms with Gasteiger partial charge in [-0.15, -0.1) is 0 Å². The molecular formula is C18H12Cl2F3N3O2. The Hall–Kier alpha value is -2.71. The molecule has 28 heavy (non-hydrogen) atoms. The summed E-state index contributed by atoms with van der Waals surface area (Å²) >= 11 is 11.7. The number of hydrogen-bond donors (Lipinski definition) is 1. The number of aromatic nitrogens is 2. The van der Waals surface area contributed by atoms with Crippen LogP contribution < -0.4 is 10.1 Å². The molecule has 0 radical (unpaired) electrons. The monoisotopic (exact) mass is 429 g/mol. The van der Waals surface area contributed by atoms with Gasteiger partial charge >= 0.3 is 6.18 Å². The van der Waals surface area contributed by atoms with Crippen LogP contribution in [0.25, 0.3) is 5.69 Å². The predicted octanol–water partition coefficient (Wildman–Crippen LogP) is 5.46.